The quantitative estimate of drug-likeness (QED) is 0.780. The maximum Gasteiger partial charge on any atom is 0.307 e. The van der Waals surface area contributed by atoms with Crippen LogP contribution >= 0.6 is 0 Å². The molecule has 0 aromatic heterocycles. The average Bonchev–Trinajstić information content (AvgIpc) is 2.09. The third kappa shape index (κ3) is 3.42. The van der Waals surface area contributed by atoms with Crippen molar-refractivity contribution in [3.63, 3.8) is 0 Å². The van der Waals surface area contributed by atoms with Gasteiger partial charge >= 0.3 is 11.9 Å². The van der Waals surface area contributed by atoms with Crippen molar-refractivity contribution in [3.8, 4) is 0 Å². The molecule has 0 aliphatic heterocycles. The highest BCUT2D eigenvalue weighted by Gasteiger charge is 2.07. The first-order chi connectivity index (χ1) is 6.99. The van der Waals surface area contributed by atoms with Crippen molar-refractivity contribution in [2.75, 3.05) is 0 Å². The van der Waals surface area contributed by atoms with Crippen LogP contribution in [0.3, 0.4) is 0 Å². The Morgan fingerprint density at radius 2 is 1.73 bits per heavy atom. The molecular formula is C11H12O4. The second kappa shape index (κ2) is 4.59. The van der Waals surface area contributed by atoms with Crippen LogP contribution < -0.4 is 0 Å². The Morgan fingerprint density at radius 3 is 2.27 bits per heavy atom. The van der Waals surface area contributed by atoms with Crippen LogP contribution in [-0.4, -0.2) is 22.2 Å². The lowest BCUT2D eigenvalue weighted by atomic mass is 10.0. The van der Waals surface area contributed by atoms with Crippen molar-refractivity contribution < 1.29 is 19.8 Å². The smallest absolute Gasteiger partial charge is 0.307 e. The highest BCUT2D eigenvalue weighted by molar-refractivity contribution is 5.72. The first-order valence-electron chi connectivity index (χ1n) is 4.51. The molecule has 0 fully saturated rings. The van der Waals surface area contributed by atoms with Gasteiger partial charge in [0.1, 0.15) is 0 Å². The summed E-state index contributed by atoms with van der Waals surface area (Å²) in [5.41, 5.74) is 2.16. The van der Waals surface area contributed by atoms with E-state index in [4.69, 9.17) is 10.2 Å². The van der Waals surface area contributed by atoms with E-state index in [1.165, 1.54) is 0 Å². The first-order valence-corrected chi connectivity index (χ1v) is 4.51. The van der Waals surface area contributed by atoms with Gasteiger partial charge in [-0.05, 0) is 23.6 Å². The normalized spacial score (nSPS) is 9.93. The highest BCUT2D eigenvalue weighted by atomic mass is 16.4. The second-order valence-corrected chi connectivity index (χ2v) is 3.40. The summed E-state index contributed by atoms with van der Waals surface area (Å²) < 4.78 is 0. The van der Waals surface area contributed by atoms with E-state index in [2.05, 4.69) is 0 Å². The molecule has 0 aliphatic rings. The molecule has 4 heteroatoms. The molecule has 0 heterocycles. The van der Waals surface area contributed by atoms with E-state index < -0.39 is 11.9 Å². The summed E-state index contributed by atoms with van der Waals surface area (Å²) in [5.74, 6) is -1.83. The van der Waals surface area contributed by atoms with Gasteiger partial charge < -0.3 is 10.2 Å². The molecule has 0 aliphatic carbocycles. The monoisotopic (exact) mass is 208 g/mol. The van der Waals surface area contributed by atoms with Gasteiger partial charge in [0.25, 0.3) is 0 Å². The molecular weight excluding hydrogens is 196 g/mol. The Kier molecular flexibility index (Phi) is 3.44. The molecule has 0 unspecified atom stereocenters. The van der Waals surface area contributed by atoms with Crippen molar-refractivity contribution in [3.05, 3.63) is 34.9 Å². The number of carboxylic acid groups (broad SMARTS) is 2. The first kappa shape index (κ1) is 11.2. The summed E-state index contributed by atoms with van der Waals surface area (Å²) in [7, 11) is 0. The van der Waals surface area contributed by atoms with Gasteiger partial charge in [0.2, 0.25) is 0 Å². The number of carboxylic acids is 2. The van der Waals surface area contributed by atoms with Gasteiger partial charge in [-0.25, -0.2) is 0 Å². The zero-order valence-electron chi connectivity index (χ0n) is 8.36. The third-order valence-electron chi connectivity index (χ3n) is 2.11. The van der Waals surface area contributed by atoms with Crippen molar-refractivity contribution >= 4 is 11.9 Å². The van der Waals surface area contributed by atoms with Crippen LogP contribution in [0.25, 0.3) is 0 Å². The molecule has 15 heavy (non-hydrogen) atoms. The number of benzene rings is 1. The minimum Gasteiger partial charge on any atom is -0.481 e. The van der Waals surface area contributed by atoms with E-state index in [1.807, 2.05) is 6.92 Å². The predicted molar refractivity (Wildman–Crippen MR) is 53.9 cm³/mol. The van der Waals surface area contributed by atoms with Crippen molar-refractivity contribution in [1.29, 1.82) is 0 Å². The lowest BCUT2D eigenvalue weighted by molar-refractivity contribution is -0.137. The Balaban J connectivity index is 2.94. The third-order valence-corrected chi connectivity index (χ3v) is 2.11. The maximum absolute atomic E-state index is 10.5. The van der Waals surface area contributed by atoms with E-state index in [0.717, 1.165) is 5.56 Å². The lowest BCUT2D eigenvalue weighted by Crippen LogP contribution is -2.05. The van der Waals surface area contributed by atoms with Gasteiger partial charge in [0.05, 0.1) is 12.8 Å². The molecule has 0 bridgehead atoms. The molecule has 0 saturated carbocycles. The summed E-state index contributed by atoms with van der Waals surface area (Å²) in [6, 6.07) is 5.09. The number of carbonyl (C=O) groups is 2. The van der Waals surface area contributed by atoms with Gasteiger partial charge in [-0.3, -0.25) is 9.59 Å². The molecule has 0 amide bonds. The van der Waals surface area contributed by atoms with E-state index in [0.29, 0.717) is 11.1 Å². The average molecular weight is 208 g/mol. The summed E-state index contributed by atoms with van der Waals surface area (Å²) in [6.45, 7) is 1.81. The van der Waals surface area contributed by atoms with Gasteiger partial charge in [0, 0.05) is 0 Å². The molecule has 0 saturated heterocycles. The molecule has 0 spiro atoms. The SMILES string of the molecule is Cc1ccc(CC(=O)O)cc1CC(=O)O. The highest BCUT2D eigenvalue weighted by Crippen LogP contribution is 2.12. The zero-order chi connectivity index (χ0) is 11.4. The fourth-order valence-electron chi connectivity index (χ4n) is 1.36. The van der Waals surface area contributed by atoms with Gasteiger partial charge in [0.15, 0.2) is 0 Å². The Labute approximate surface area is 87.2 Å². The van der Waals surface area contributed by atoms with Gasteiger partial charge in [-0.1, -0.05) is 18.2 Å². The molecule has 0 atom stereocenters. The van der Waals surface area contributed by atoms with Crippen molar-refractivity contribution in [1.82, 2.24) is 0 Å². The topological polar surface area (TPSA) is 74.6 Å². The van der Waals surface area contributed by atoms with Crippen LogP contribution in [0.4, 0.5) is 0 Å². The van der Waals surface area contributed by atoms with E-state index >= 15 is 0 Å². The minimum absolute atomic E-state index is 0.0701. The molecule has 1 aromatic rings. The van der Waals surface area contributed by atoms with E-state index in [-0.39, 0.29) is 12.8 Å². The molecule has 80 valence electrons. The van der Waals surface area contributed by atoms with Crippen molar-refractivity contribution in [2.24, 2.45) is 0 Å². The van der Waals surface area contributed by atoms with Crippen LogP contribution in [0.5, 0.6) is 0 Å². The van der Waals surface area contributed by atoms with Crippen LogP contribution in [0.1, 0.15) is 16.7 Å². The molecule has 0 radical (unpaired) electrons. The number of rotatable bonds is 4. The number of aliphatic carboxylic acids is 2. The molecule has 1 rings (SSSR count). The number of aryl methyl sites for hydroxylation is 1. The van der Waals surface area contributed by atoms with Gasteiger partial charge in [-0.15, -0.1) is 0 Å². The largest absolute Gasteiger partial charge is 0.481 e. The predicted octanol–water partition coefficient (Wildman–Crippen LogP) is 1.25. The van der Waals surface area contributed by atoms with Crippen LogP contribution in [0.15, 0.2) is 18.2 Å². The zero-order valence-corrected chi connectivity index (χ0v) is 8.36. The lowest BCUT2D eigenvalue weighted by Gasteiger charge is -2.05. The summed E-state index contributed by atoms with van der Waals surface area (Å²) in [4.78, 5) is 21.0. The second-order valence-electron chi connectivity index (χ2n) is 3.40. The summed E-state index contributed by atoms with van der Waals surface area (Å²) in [6.07, 6.45) is -0.147. The van der Waals surface area contributed by atoms with Crippen LogP contribution in [0.2, 0.25) is 0 Å². The Hall–Kier alpha value is -1.84. The van der Waals surface area contributed by atoms with E-state index in [1.54, 1.807) is 18.2 Å². The Bertz CT molecular complexity index is 396. The number of hydrogen-bond acceptors (Lipinski definition) is 2. The molecule has 1 aromatic carbocycles. The maximum atomic E-state index is 10.5. The fraction of sp³-hybridized carbons (Fsp3) is 0.273. The minimum atomic E-state index is -0.917. The summed E-state index contributed by atoms with van der Waals surface area (Å²) >= 11 is 0. The summed E-state index contributed by atoms with van der Waals surface area (Å²) in [5, 5.41) is 17.2. The van der Waals surface area contributed by atoms with Crippen LogP contribution in [0, 0.1) is 6.92 Å². The molecule has 2 N–H and O–H groups in total. The number of hydrogen-bond donors (Lipinski definition) is 2. The standard InChI is InChI=1S/C11H12O4/c1-7-2-3-8(5-10(12)13)4-9(7)6-11(14)15/h2-4H,5-6H2,1H3,(H,12,13)(H,14,15). The van der Waals surface area contributed by atoms with E-state index in [9.17, 15) is 9.59 Å². The van der Waals surface area contributed by atoms with Gasteiger partial charge in [-0.2, -0.15) is 0 Å². The van der Waals surface area contributed by atoms with Crippen molar-refractivity contribution in [2.45, 2.75) is 19.8 Å². The Morgan fingerprint density at radius 1 is 1.13 bits per heavy atom. The fourth-order valence-corrected chi connectivity index (χ4v) is 1.36. The molecule has 4 nitrogen and oxygen atoms in total. The van der Waals surface area contributed by atoms with Crippen LogP contribution in [-0.2, 0) is 22.4 Å².